The number of nitrogen functional groups attached to an aromatic ring is 1. The number of nitrogens with two attached hydrogens (primary N) is 1. The second-order valence-corrected chi connectivity index (χ2v) is 5.47. The number of benzene rings is 1. The maximum atomic E-state index is 5.89. The van der Waals surface area contributed by atoms with E-state index in [1.807, 2.05) is 18.2 Å². The van der Waals surface area contributed by atoms with Crippen LogP contribution < -0.4 is 10.5 Å². The lowest BCUT2D eigenvalue weighted by Gasteiger charge is -2.26. The molecule has 4 heteroatoms. The van der Waals surface area contributed by atoms with Crippen LogP contribution in [-0.4, -0.2) is 49.1 Å². The number of anilines is 1. The van der Waals surface area contributed by atoms with Gasteiger partial charge in [0.15, 0.2) is 0 Å². The number of ether oxygens (including phenoxy) is 1. The molecule has 112 valence electrons. The Morgan fingerprint density at radius 1 is 1.35 bits per heavy atom. The number of hydrogen-bond acceptors (Lipinski definition) is 4. The highest BCUT2D eigenvalue weighted by Crippen LogP contribution is 2.25. The molecule has 0 spiro atoms. The molecule has 0 aromatic heterocycles. The summed E-state index contributed by atoms with van der Waals surface area (Å²) in [5.74, 6) is 0.936. The first-order valence-electron chi connectivity index (χ1n) is 7.56. The second-order valence-electron chi connectivity index (χ2n) is 5.47. The van der Waals surface area contributed by atoms with Gasteiger partial charge in [-0.1, -0.05) is 13.8 Å². The third kappa shape index (κ3) is 3.44. The van der Waals surface area contributed by atoms with Gasteiger partial charge in [-0.2, -0.15) is 0 Å². The zero-order valence-corrected chi connectivity index (χ0v) is 12.9. The largest absolute Gasteiger partial charge is 0.496 e. The van der Waals surface area contributed by atoms with Crippen molar-refractivity contribution in [2.75, 3.05) is 39.0 Å². The average Bonchev–Trinajstić information content (AvgIpc) is 2.89. The predicted octanol–water partition coefficient (Wildman–Crippen LogP) is 2.19. The molecule has 1 unspecified atom stereocenters. The summed E-state index contributed by atoms with van der Waals surface area (Å²) in [5, 5.41) is 0. The topological polar surface area (TPSA) is 41.7 Å². The van der Waals surface area contributed by atoms with Gasteiger partial charge in [0.1, 0.15) is 5.75 Å². The summed E-state index contributed by atoms with van der Waals surface area (Å²) < 4.78 is 5.43. The molecule has 0 radical (unpaired) electrons. The first kappa shape index (κ1) is 15.1. The van der Waals surface area contributed by atoms with Crippen LogP contribution >= 0.6 is 0 Å². The van der Waals surface area contributed by atoms with Gasteiger partial charge in [-0.3, -0.25) is 9.80 Å². The third-order valence-electron chi connectivity index (χ3n) is 4.27. The van der Waals surface area contributed by atoms with Gasteiger partial charge in [0.05, 0.1) is 7.11 Å². The van der Waals surface area contributed by atoms with E-state index >= 15 is 0 Å². The molecular formula is C16H27N3O. The summed E-state index contributed by atoms with van der Waals surface area (Å²) in [7, 11) is 1.72. The molecule has 1 aliphatic rings. The van der Waals surface area contributed by atoms with E-state index in [1.54, 1.807) is 7.11 Å². The first-order chi connectivity index (χ1) is 9.67. The van der Waals surface area contributed by atoms with E-state index in [2.05, 4.69) is 23.6 Å². The Bertz CT molecular complexity index is 432. The molecule has 0 bridgehead atoms. The van der Waals surface area contributed by atoms with Crippen molar-refractivity contribution in [3.05, 3.63) is 23.8 Å². The van der Waals surface area contributed by atoms with Crippen LogP contribution in [0.1, 0.15) is 25.8 Å². The van der Waals surface area contributed by atoms with Gasteiger partial charge < -0.3 is 10.5 Å². The number of rotatable bonds is 6. The highest BCUT2D eigenvalue weighted by atomic mass is 16.5. The van der Waals surface area contributed by atoms with Crippen LogP contribution in [0.5, 0.6) is 5.75 Å². The van der Waals surface area contributed by atoms with Crippen molar-refractivity contribution in [2.24, 2.45) is 0 Å². The van der Waals surface area contributed by atoms with E-state index in [1.165, 1.54) is 12.0 Å². The second kappa shape index (κ2) is 6.95. The molecule has 1 atom stereocenters. The molecule has 20 heavy (non-hydrogen) atoms. The molecular weight excluding hydrogens is 250 g/mol. The maximum absolute atomic E-state index is 5.89. The van der Waals surface area contributed by atoms with Crippen molar-refractivity contribution < 1.29 is 4.74 Å². The van der Waals surface area contributed by atoms with Gasteiger partial charge in [0.25, 0.3) is 0 Å². The summed E-state index contributed by atoms with van der Waals surface area (Å²) in [6, 6.07) is 6.58. The molecule has 1 aromatic rings. The number of hydrogen-bond donors (Lipinski definition) is 1. The minimum absolute atomic E-state index is 0.692. The fourth-order valence-electron chi connectivity index (χ4n) is 3.16. The van der Waals surface area contributed by atoms with Crippen LogP contribution in [0.25, 0.3) is 0 Å². The summed E-state index contributed by atoms with van der Waals surface area (Å²) in [4.78, 5) is 5.05. The van der Waals surface area contributed by atoms with E-state index in [9.17, 15) is 0 Å². The van der Waals surface area contributed by atoms with Crippen LogP contribution in [0.15, 0.2) is 18.2 Å². The Labute approximate surface area is 122 Å². The fourth-order valence-corrected chi connectivity index (χ4v) is 3.16. The fraction of sp³-hybridized carbons (Fsp3) is 0.625. The van der Waals surface area contributed by atoms with Crippen LogP contribution in [0, 0.1) is 0 Å². The molecule has 1 fully saturated rings. The van der Waals surface area contributed by atoms with Crippen molar-refractivity contribution in [3.8, 4) is 5.75 Å². The van der Waals surface area contributed by atoms with E-state index < -0.39 is 0 Å². The quantitative estimate of drug-likeness (QED) is 0.809. The first-order valence-corrected chi connectivity index (χ1v) is 7.56. The summed E-state index contributed by atoms with van der Waals surface area (Å²) in [6.07, 6.45) is 1.26. The Balaban J connectivity index is 2.00. The third-order valence-corrected chi connectivity index (χ3v) is 4.27. The monoisotopic (exact) mass is 277 g/mol. The Morgan fingerprint density at radius 3 is 2.75 bits per heavy atom. The molecule has 1 aliphatic heterocycles. The molecule has 1 heterocycles. The Morgan fingerprint density at radius 2 is 2.10 bits per heavy atom. The lowest BCUT2D eigenvalue weighted by molar-refractivity contribution is 0.208. The highest BCUT2D eigenvalue weighted by molar-refractivity contribution is 5.47. The molecule has 0 saturated carbocycles. The van der Waals surface area contributed by atoms with Crippen molar-refractivity contribution in [1.29, 1.82) is 0 Å². The Kier molecular flexibility index (Phi) is 5.26. The molecule has 2 N–H and O–H groups in total. The van der Waals surface area contributed by atoms with Gasteiger partial charge in [0, 0.05) is 36.9 Å². The highest BCUT2D eigenvalue weighted by Gasteiger charge is 2.26. The zero-order valence-electron chi connectivity index (χ0n) is 12.9. The minimum Gasteiger partial charge on any atom is -0.496 e. The van der Waals surface area contributed by atoms with Crippen LogP contribution in [0.4, 0.5) is 5.69 Å². The van der Waals surface area contributed by atoms with Crippen LogP contribution in [0.2, 0.25) is 0 Å². The molecule has 1 aromatic carbocycles. The molecule has 0 amide bonds. The number of likely N-dealkylation sites (tertiary alicyclic amines) is 1. The lowest BCUT2D eigenvalue weighted by atomic mass is 10.1. The van der Waals surface area contributed by atoms with E-state index in [-0.39, 0.29) is 0 Å². The van der Waals surface area contributed by atoms with Gasteiger partial charge in [-0.05, 0) is 37.7 Å². The SMILES string of the molecule is CCN(CC)C1CCN(Cc2cc(N)ccc2OC)C1. The van der Waals surface area contributed by atoms with Crippen LogP contribution in [-0.2, 0) is 6.54 Å². The predicted molar refractivity (Wildman–Crippen MR) is 84.0 cm³/mol. The molecule has 2 rings (SSSR count). The van der Waals surface area contributed by atoms with Crippen molar-refractivity contribution in [1.82, 2.24) is 9.80 Å². The number of likely N-dealkylation sites (N-methyl/N-ethyl adjacent to an activating group) is 1. The van der Waals surface area contributed by atoms with Crippen molar-refractivity contribution >= 4 is 5.69 Å². The minimum atomic E-state index is 0.692. The summed E-state index contributed by atoms with van der Waals surface area (Å²) in [5.41, 5.74) is 7.89. The van der Waals surface area contributed by atoms with Crippen LogP contribution in [0.3, 0.4) is 0 Å². The molecule has 0 aliphatic carbocycles. The van der Waals surface area contributed by atoms with Gasteiger partial charge in [-0.25, -0.2) is 0 Å². The zero-order chi connectivity index (χ0) is 14.5. The summed E-state index contributed by atoms with van der Waals surface area (Å²) in [6.45, 7) is 9.97. The molecule has 4 nitrogen and oxygen atoms in total. The van der Waals surface area contributed by atoms with E-state index in [4.69, 9.17) is 10.5 Å². The normalized spacial score (nSPS) is 19.7. The average molecular weight is 277 g/mol. The summed E-state index contributed by atoms with van der Waals surface area (Å²) >= 11 is 0. The lowest BCUT2D eigenvalue weighted by Crippen LogP contribution is -2.37. The van der Waals surface area contributed by atoms with Gasteiger partial charge in [-0.15, -0.1) is 0 Å². The Hall–Kier alpha value is -1.26. The number of nitrogens with zero attached hydrogens (tertiary/aromatic N) is 2. The van der Waals surface area contributed by atoms with E-state index in [0.717, 1.165) is 44.2 Å². The van der Waals surface area contributed by atoms with Crippen molar-refractivity contribution in [2.45, 2.75) is 32.9 Å². The number of methoxy groups -OCH3 is 1. The van der Waals surface area contributed by atoms with E-state index in [0.29, 0.717) is 6.04 Å². The standard InChI is InChI=1S/C16H27N3O/c1-4-19(5-2)15-8-9-18(12-15)11-13-10-14(17)6-7-16(13)20-3/h6-7,10,15H,4-5,8-9,11-12,17H2,1-3H3. The smallest absolute Gasteiger partial charge is 0.123 e. The van der Waals surface area contributed by atoms with Gasteiger partial charge >= 0.3 is 0 Å². The van der Waals surface area contributed by atoms with Gasteiger partial charge in [0.2, 0.25) is 0 Å². The van der Waals surface area contributed by atoms with Crippen molar-refractivity contribution in [3.63, 3.8) is 0 Å². The molecule has 1 saturated heterocycles. The maximum Gasteiger partial charge on any atom is 0.123 e.